The molecule has 0 N–H and O–H groups in total. The van der Waals surface area contributed by atoms with Crippen LogP contribution in [-0.2, 0) is 14.3 Å². The lowest BCUT2D eigenvalue weighted by atomic mass is 9.81. The van der Waals surface area contributed by atoms with Crippen LogP contribution in [0.5, 0.6) is 0 Å². The van der Waals surface area contributed by atoms with E-state index in [1.807, 2.05) is 0 Å². The Labute approximate surface area is 156 Å². The number of esters is 1. The first-order chi connectivity index (χ1) is 11.5. The fourth-order valence-electron chi connectivity index (χ4n) is 4.47. The Morgan fingerprint density at radius 1 is 1.04 bits per heavy atom. The summed E-state index contributed by atoms with van der Waals surface area (Å²) in [5, 5.41) is 0. The van der Waals surface area contributed by atoms with E-state index < -0.39 is 5.97 Å². The minimum Gasteiger partial charge on any atom is -0.465 e. The Bertz CT molecular complexity index is 703. The van der Waals surface area contributed by atoms with E-state index in [1.54, 1.807) is 24.3 Å². The van der Waals surface area contributed by atoms with E-state index in [4.69, 9.17) is 0 Å². The second-order valence-corrected chi connectivity index (χ2v) is 8.67. The number of carbonyl (C=O) groups excluding carboxylic acids is 3. The van der Waals surface area contributed by atoms with Gasteiger partial charge in [-0.05, 0) is 42.5 Å². The summed E-state index contributed by atoms with van der Waals surface area (Å²) in [6.45, 7) is 0. The van der Waals surface area contributed by atoms with E-state index in [2.05, 4.69) is 36.6 Å². The maximum atomic E-state index is 12.9. The van der Waals surface area contributed by atoms with Gasteiger partial charge >= 0.3 is 5.97 Å². The number of fused-ring (bicyclic) bond motifs is 5. The average Bonchev–Trinajstić information content (AvgIpc) is 3.19. The topological polar surface area (TPSA) is 63.7 Å². The number of anilines is 1. The zero-order valence-corrected chi connectivity index (χ0v) is 16.0. The molecule has 2 bridgehead atoms. The number of halogens is 2. The van der Waals surface area contributed by atoms with Crippen LogP contribution < -0.4 is 4.90 Å². The molecule has 2 aliphatic carbocycles. The molecule has 1 aliphatic heterocycles. The molecule has 7 heteroatoms. The summed E-state index contributed by atoms with van der Waals surface area (Å²) in [4.78, 5) is 39.0. The molecule has 0 spiro atoms. The zero-order chi connectivity index (χ0) is 17.2. The standard InChI is InChI=1S/C17H15Br2NO4/c1-24-17(23)7-2-4-8(5-3-7)20-15(21)11-9-6-10(12(11)16(20)22)14(19)13(9)18/h2-5,9-14H,6H2,1H3/t9-,10+,11-,12-,13-,14+/m0/s1. The van der Waals surface area contributed by atoms with Crippen LogP contribution >= 0.6 is 31.9 Å². The van der Waals surface area contributed by atoms with Crippen molar-refractivity contribution in [3.05, 3.63) is 29.8 Å². The van der Waals surface area contributed by atoms with Gasteiger partial charge in [-0.25, -0.2) is 4.79 Å². The molecule has 3 aliphatic rings. The normalized spacial score (nSPS) is 37.0. The van der Waals surface area contributed by atoms with Crippen LogP contribution in [0.1, 0.15) is 16.8 Å². The lowest BCUT2D eigenvalue weighted by molar-refractivity contribution is -0.123. The molecule has 6 atom stereocenters. The van der Waals surface area contributed by atoms with Gasteiger partial charge in [0.05, 0.1) is 30.2 Å². The van der Waals surface area contributed by atoms with Gasteiger partial charge in [0.25, 0.3) is 0 Å². The summed E-state index contributed by atoms with van der Waals surface area (Å²) >= 11 is 7.35. The van der Waals surface area contributed by atoms with Crippen LogP contribution in [0, 0.1) is 23.7 Å². The van der Waals surface area contributed by atoms with Crippen molar-refractivity contribution in [2.24, 2.45) is 23.7 Å². The molecule has 3 fully saturated rings. The second-order valence-electron chi connectivity index (χ2n) is 6.55. The first-order valence-corrected chi connectivity index (χ1v) is 9.63. The van der Waals surface area contributed by atoms with Crippen LogP contribution in [0.25, 0.3) is 0 Å². The summed E-state index contributed by atoms with van der Waals surface area (Å²) < 4.78 is 4.67. The van der Waals surface area contributed by atoms with Crippen LogP contribution in [-0.4, -0.2) is 34.5 Å². The van der Waals surface area contributed by atoms with Crippen LogP contribution in [0.3, 0.4) is 0 Å². The number of hydrogen-bond donors (Lipinski definition) is 0. The molecule has 1 aromatic rings. The van der Waals surface area contributed by atoms with Crippen LogP contribution in [0.15, 0.2) is 24.3 Å². The van der Waals surface area contributed by atoms with E-state index in [1.165, 1.54) is 12.0 Å². The molecule has 126 valence electrons. The molecule has 0 radical (unpaired) electrons. The Kier molecular flexibility index (Phi) is 3.84. The van der Waals surface area contributed by atoms with Gasteiger partial charge in [0.15, 0.2) is 0 Å². The third-order valence-corrected chi connectivity index (χ3v) is 8.74. The smallest absolute Gasteiger partial charge is 0.337 e. The van der Waals surface area contributed by atoms with Crippen molar-refractivity contribution in [1.82, 2.24) is 0 Å². The quantitative estimate of drug-likeness (QED) is 0.390. The largest absolute Gasteiger partial charge is 0.465 e. The molecule has 0 unspecified atom stereocenters. The molecule has 2 amide bonds. The molecule has 1 saturated heterocycles. The van der Waals surface area contributed by atoms with E-state index >= 15 is 0 Å². The second kappa shape index (κ2) is 5.66. The Balaban J connectivity index is 1.65. The Morgan fingerprint density at radius 2 is 1.54 bits per heavy atom. The Hall–Kier alpha value is -1.21. The predicted octanol–water partition coefficient (Wildman–Crippen LogP) is 2.76. The van der Waals surface area contributed by atoms with Gasteiger partial charge < -0.3 is 4.74 Å². The SMILES string of the molecule is COC(=O)c1ccc(N2C(=O)[C@H]3[C@@H]4C[C@@H]([C@@H](Br)[C@H]4Br)[C@@H]3C2=O)cc1. The minimum atomic E-state index is -0.445. The number of carbonyl (C=O) groups is 3. The number of ether oxygens (including phenoxy) is 1. The number of benzene rings is 1. The van der Waals surface area contributed by atoms with E-state index in [-0.39, 0.29) is 45.1 Å². The molecular weight excluding hydrogens is 442 g/mol. The summed E-state index contributed by atoms with van der Waals surface area (Å²) in [7, 11) is 1.31. The molecule has 5 nitrogen and oxygen atoms in total. The molecular formula is C17H15Br2NO4. The average molecular weight is 457 g/mol. The van der Waals surface area contributed by atoms with E-state index in [9.17, 15) is 14.4 Å². The van der Waals surface area contributed by atoms with E-state index in [0.29, 0.717) is 11.3 Å². The van der Waals surface area contributed by atoms with Crippen LogP contribution in [0.2, 0.25) is 0 Å². The first kappa shape index (κ1) is 16.3. The lowest BCUT2D eigenvalue weighted by Crippen LogP contribution is -2.37. The van der Waals surface area contributed by atoms with Crippen LogP contribution in [0.4, 0.5) is 5.69 Å². The van der Waals surface area contributed by atoms with Crippen molar-refractivity contribution in [3.8, 4) is 0 Å². The molecule has 1 heterocycles. The summed E-state index contributed by atoms with van der Waals surface area (Å²) in [5.41, 5.74) is 0.908. The van der Waals surface area contributed by atoms with Gasteiger partial charge in [0.2, 0.25) is 11.8 Å². The van der Waals surface area contributed by atoms with Crippen molar-refractivity contribution < 1.29 is 19.1 Å². The number of imide groups is 1. The number of alkyl halides is 2. The zero-order valence-electron chi connectivity index (χ0n) is 12.8. The van der Waals surface area contributed by atoms with Crippen molar-refractivity contribution in [2.45, 2.75) is 16.1 Å². The molecule has 0 aromatic heterocycles. The monoisotopic (exact) mass is 455 g/mol. The van der Waals surface area contributed by atoms with Gasteiger partial charge in [0.1, 0.15) is 0 Å². The number of nitrogens with zero attached hydrogens (tertiary/aromatic N) is 1. The number of amides is 2. The van der Waals surface area contributed by atoms with Gasteiger partial charge in [-0.15, -0.1) is 0 Å². The highest BCUT2D eigenvalue weighted by molar-refractivity contribution is 9.12. The van der Waals surface area contributed by atoms with Gasteiger partial charge in [-0.2, -0.15) is 0 Å². The fraction of sp³-hybridized carbons (Fsp3) is 0.471. The minimum absolute atomic E-state index is 0.118. The summed E-state index contributed by atoms with van der Waals surface area (Å²) in [6.07, 6.45) is 0.910. The Morgan fingerprint density at radius 3 is 2.00 bits per heavy atom. The fourth-order valence-corrected chi connectivity index (χ4v) is 6.34. The molecule has 2 saturated carbocycles. The summed E-state index contributed by atoms with van der Waals surface area (Å²) in [5.74, 6) is -0.763. The number of hydrogen-bond acceptors (Lipinski definition) is 4. The molecule has 1 aromatic carbocycles. The highest BCUT2D eigenvalue weighted by atomic mass is 79.9. The highest BCUT2D eigenvalue weighted by Gasteiger charge is 2.66. The van der Waals surface area contributed by atoms with Crippen molar-refractivity contribution in [1.29, 1.82) is 0 Å². The van der Waals surface area contributed by atoms with Gasteiger partial charge in [-0.3, -0.25) is 14.5 Å². The van der Waals surface area contributed by atoms with Crippen molar-refractivity contribution in [2.75, 3.05) is 12.0 Å². The molecule has 24 heavy (non-hydrogen) atoms. The predicted molar refractivity (Wildman–Crippen MR) is 94.3 cm³/mol. The first-order valence-electron chi connectivity index (χ1n) is 7.80. The summed E-state index contributed by atoms with van der Waals surface area (Å²) in [6, 6.07) is 6.40. The highest BCUT2D eigenvalue weighted by Crippen LogP contribution is 2.60. The van der Waals surface area contributed by atoms with Crippen molar-refractivity contribution >= 4 is 55.3 Å². The third-order valence-electron chi connectivity index (χ3n) is 5.53. The maximum Gasteiger partial charge on any atom is 0.337 e. The maximum absolute atomic E-state index is 12.9. The lowest BCUT2D eigenvalue weighted by Gasteiger charge is -2.28. The van der Waals surface area contributed by atoms with Crippen molar-refractivity contribution in [3.63, 3.8) is 0 Å². The molecule has 4 rings (SSSR count). The number of rotatable bonds is 2. The van der Waals surface area contributed by atoms with Gasteiger partial charge in [-0.1, -0.05) is 31.9 Å². The van der Waals surface area contributed by atoms with E-state index in [0.717, 1.165) is 6.42 Å². The van der Waals surface area contributed by atoms with Gasteiger partial charge in [0, 0.05) is 9.65 Å². The third kappa shape index (κ3) is 2.07. The number of methoxy groups -OCH3 is 1.